The number of benzene rings is 3. The topological polar surface area (TPSA) is 57.4 Å². The van der Waals surface area contributed by atoms with Gasteiger partial charge in [0, 0.05) is 16.7 Å². The van der Waals surface area contributed by atoms with E-state index in [-0.39, 0.29) is 0 Å². The van der Waals surface area contributed by atoms with Crippen molar-refractivity contribution in [3.05, 3.63) is 95.9 Å². The lowest BCUT2D eigenvalue weighted by Crippen LogP contribution is -1.98. The second-order valence-electron chi connectivity index (χ2n) is 6.48. The molecule has 4 aromatic rings. The standard InChI is InChI=1S/C23H15ClN2O3/c24-20-14-18(23-27-12-13-28-23)10-11-19(20)21-25-22(29-26-21)17-8-6-16(7-9-17)15-4-2-1-3-5-15/h1-14,23H. The fraction of sp³-hybridized carbons (Fsp3) is 0.0435. The van der Waals surface area contributed by atoms with E-state index in [4.69, 9.17) is 25.6 Å². The third-order valence-corrected chi connectivity index (χ3v) is 4.94. The van der Waals surface area contributed by atoms with Gasteiger partial charge in [-0.25, -0.2) is 0 Å². The first-order valence-corrected chi connectivity index (χ1v) is 9.41. The third-order valence-electron chi connectivity index (χ3n) is 4.63. The van der Waals surface area contributed by atoms with Crippen molar-refractivity contribution in [3.8, 4) is 34.0 Å². The van der Waals surface area contributed by atoms with Crippen molar-refractivity contribution in [1.82, 2.24) is 10.1 Å². The summed E-state index contributed by atoms with van der Waals surface area (Å²) in [7, 11) is 0. The summed E-state index contributed by atoms with van der Waals surface area (Å²) in [5.74, 6) is 0.862. The van der Waals surface area contributed by atoms with Crippen LogP contribution in [0, 0.1) is 0 Å². The molecule has 5 rings (SSSR count). The molecule has 0 fully saturated rings. The number of ether oxygens (including phenoxy) is 2. The number of hydrogen-bond acceptors (Lipinski definition) is 5. The number of rotatable bonds is 4. The quantitative estimate of drug-likeness (QED) is 0.404. The lowest BCUT2D eigenvalue weighted by atomic mass is 10.0. The van der Waals surface area contributed by atoms with Gasteiger partial charge >= 0.3 is 0 Å². The first-order chi connectivity index (χ1) is 14.3. The van der Waals surface area contributed by atoms with E-state index in [1.54, 1.807) is 6.07 Å². The Morgan fingerprint density at radius 2 is 1.45 bits per heavy atom. The van der Waals surface area contributed by atoms with Gasteiger partial charge in [0.25, 0.3) is 12.2 Å². The Balaban J connectivity index is 1.39. The first-order valence-electron chi connectivity index (χ1n) is 9.03. The average Bonchev–Trinajstić information content (AvgIpc) is 3.47. The molecule has 0 radical (unpaired) electrons. The Labute approximate surface area is 172 Å². The minimum atomic E-state index is -0.481. The summed E-state index contributed by atoms with van der Waals surface area (Å²) in [6, 6.07) is 23.6. The molecule has 0 saturated carbocycles. The van der Waals surface area contributed by atoms with Gasteiger partial charge in [-0.2, -0.15) is 4.98 Å². The summed E-state index contributed by atoms with van der Waals surface area (Å²) >= 11 is 6.43. The van der Waals surface area contributed by atoms with Gasteiger partial charge in [0.1, 0.15) is 12.5 Å². The van der Waals surface area contributed by atoms with Crippen molar-refractivity contribution in [2.24, 2.45) is 0 Å². The maximum absolute atomic E-state index is 6.43. The van der Waals surface area contributed by atoms with E-state index in [9.17, 15) is 0 Å². The summed E-state index contributed by atoms with van der Waals surface area (Å²) in [4.78, 5) is 4.50. The fourth-order valence-corrected chi connectivity index (χ4v) is 3.41. The molecule has 2 heterocycles. The van der Waals surface area contributed by atoms with Crippen LogP contribution in [0.3, 0.4) is 0 Å². The van der Waals surface area contributed by atoms with Crippen LogP contribution in [-0.2, 0) is 9.47 Å². The van der Waals surface area contributed by atoms with Gasteiger partial charge in [0.15, 0.2) is 0 Å². The highest BCUT2D eigenvalue weighted by Crippen LogP contribution is 2.33. The number of aromatic nitrogens is 2. The van der Waals surface area contributed by atoms with Crippen molar-refractivity contribution in [3.63, 3.8) is 0 Å². The molecule has 5 nitrogen and oxygen atoms in total. The molecule has 1 aliphatic rings. The molecule has 0 N–H and O–H groups in total. The predicted octanol–water partition coefficient (Wildman–Crippen LogP) is 6.24. The molecule has 6 heteroatoms. The summed E-state index contributed by atoms with van der Waals surface area (Å²) in [6.45, 7) is 0. The van der Waals surface area contributed by atoms with Crippen LogP contribution >= 0.6 is 11.6 Å². The first kappa shape index (κ1) is 17.5. The van der Waals surface area contributed by atoms with Crippen molar-refractivity contribution in [2.45, 2.75) is 6.29 Å². The average molecular weight is 403 g/mol. The highest BCUT2D eigenvalue weighted by molar-refractivity contribution is 6.33. The molecule has 0 atom stereocenters. The maximum Gasteiger partial charge on any atom is 0.266 e. The largest absolute Gasteiger partial charge is 0.455 e. The summed E-state index contributed by atoms with van der Waals surface area (Å²) in [6.07, 6.45) is 2.52. The molecular formula is C23H15ClN2O3. The van der Waals surface area contributed by atoms with Crippen molar-refractivity contribution in [1.29, 1.82) is 0 Å². The fourth-order valence-electron chi connectivity index (χ4n) is 3.14. The van der Waals surface area contributed by atoms with Crippen LogP contribution in [0.15, 0.2) is 89.8 Å². The zero-order chi connectivity index (χ0) is 19.6. The summed E-state index contributed by atoms with van der Waals surface area (Å²) in [5, 5.41) is 4.58. The van der Waals surface area contributed by atoms with Crippen molar-refractivity contribution in [2.75, 3.05) is 0 Å². The second-order valence-corrected chi connectivity index (χ2v) is 6.89. The third kappa shape index (κ3) is 3.48. The van der Waals surface area contributed by atoms with Crippen LogP contribution < -0.4 is 0 Å². The molecule has 0 aliphatic carbocycles. The van der Waals surface area contributed by atoms with E-state index in [1.807, 2.05) is 54.6 Å². The Kier molecular flexibility index (Phi) is 4.50. The number of nitrogens with zero attached hydrogens (tertiary/aromatic N) is 2. The molecule has 0 spiro atoms. The SMILES string of the molecule is Clc1cc(C2OC=CO2)ccc1-c1noc(-c2ccc(-c3ccccc3)cc2)n1. The molecule has 0 bridgehead atoms. The minimum absolute atomic E-state index is 0.426. The predicted molar refractivity (Wildman–Crippen MR) is 110 cm³/mol. The molecule has 3 aromatic carbocycles. The van der Waals surface area contributed by atoms with Gasteiger partial charge in [0.05, 0.1) is 5.02 Å². The molecule has 1 aromatic heterocycles. The molecule has 142 valence electrons. The van der Waals surface area contributed by atoms with Crippen LogP contribution in [0.5, 0.6) is 0 Å². The van der Waals surface area contributed by atoms with Crippen LogP contribution in [0.2, 0.25) is 5.02 Å². The highest BCUT2D eigenvalue weighted by atomic mass is 35.5. The lowest BCUT2D eigenvalue weighted by Gasteiger charge is -2.11. The second kappa shape index (κ2) is 7.45. The minimum Gasteiger partial charge on any atom is -0.455 e. The van der Waals surface area contributed by atoms with Crippen LogP contribution in [-0.4, -0.2) is 10.1 Å². The van der Waals surface area contributed by atoms with Crippen LogP contribution in [0.1, 0.15) is 11.9 Å². The van der Waals surface area contributed by atoms with Gasteiger partial charge in [-0.15, -0.1) is 0 Å². The van der Waals surface area contributed by atoms with E-state index in [0.29, 0.717) is 22.3 Å². The van der Waals surface area contributed by atoms with Crippen LogP contribution in [0.25, 0.3) is 34.0 Å². The smallest absolute Gasteiger partial charge is 0.266 e. The zero-order valence-corrected chi connectivity index (χ0v) is 15.9. The molecule has 0 saturated heterocycles. The zero-order valence-electron chi connectivity index (χ0n) is 15.2. The van der Waals surface area contributed by atoms with Gasteiger partial charge in [-0.05, 0) is 35.4 Å². The Morgan fingerprint density at radius 3 is 2.17 bits per heavy atom. The Bertz CT molecular complexity index is 1160. The van der Waals surface area contributed by atoms with Gasteiger partial charge in [0.2, 0.25) is 5.82 Å². The Hall–Kier alpha value is -3.57. The van der Waals surface area contributed by atoms with Crippen molar-refractivity contribution >= 4 is 11.6 Å². The molecule has 1 aliphatic heterocycles. The summed E-state index contributed by atoms with van der Waals surface area (Å²) in [5.41, 5.74) is 4.61. The Morgan fingerprint density at radius 1 is 0.759 bits per heavy atom. The lowest BCUT2D eigenvalue weighted by molar-refractivity contribution is -0.0245. The molecule has 0 unspecified atom stereocenters. The molecular weight excluding hydrogens is 388 g/mol. The molecule has 0 amide bonds. The van der Waals surface area contributed by atoms with E-state index in [1.165, 1.54) is 12.5 Å². The normalized spacial score (nSPS) is 13.3. The maximum atomic E-state index is 6.43. The number of halogens is 1. The number of hydrogen-bond donors (Lipinski definition) is 0. The van der Waals surface area contributed by atoms with Crippen LogP contribution in [0.4, 0.5) is 0 Å². The van der Waals surface area contributed by atoms with E-state index in [2.05, 4.69) is 22.3 Å². The van der Waals surface area contributed by atoms with Gasteiger partial charge in [-0.3, -0.25) is 0 Å². The van der Waals surface area contributed by atoms with Crippen molar-refractivity contribution < 1.29 is 14.0 Å². The highest BCUT2D eigenvalue weighted by Gasteiger charge is 2.19. The van der Waals surface area contributed by atoms with E-state index >= 15 is 0 Å². The monoisotopic (exact) mass is 402 g/mol. The van der Waals surface area contributed by atoms with Gasteiger partial charge < -0.3 is 14.0 Å². The van der Waals surface area contributed by atoms with E-state index < -0.39 is 6.29 Å². The molecule has 29 heavy (non-hydrogen) atoms. The summed E-state index contributed by atoms with van der Waals surface area (Å²) < 4.78 is 16.1. The van der Waals surface area contributed by atoms with E-state index in [0.717, 1.165) is 22.3 Å². The van der Waals surface area contributed by atoms with Gasteiger partial charge in [-0.1, -0.05) is 65.3 Å².